The van der Waals surface area contributed by atoms with Gasteiger partial charge in [-0.25, -0.2) is 14.3 Å². The van der Waals surface area contributed by atoms with E-state index in [1.165, 1.54) is 24.0 Å². The standard InChI is InChI=1S/C31H33N7O2/c1-35-18-21-14-22(7-9-25(21)31(19-35)10-11-31)33-30-32-17-24-28(34-30)38-23-8-6-20-15-27(39)36(26(20)16-23)12-4-2-3-5-13-37(38)29(24)40/h3,5-9,14,16-17,27,39H,2,4,10-13,15,18-19H2,1H3,(H,32,33,34)/b5-3-. The Morgan fingerprint density at radius 1 is 1.10 bits per heavy atom. The van der Waals surface area contributed by atoms with Crippen molar-refractivity contribution in [2.75, 3.05) is 30.4 Å². The highest BCUT2D eigenvalue weighted by Crippen LogP contribution is 2.52. The first kappa shape index (κ1) is 23.9. The number of fused-ring (bicyclic) bond motifs is 7. The summed E-state index contributed by atoms with van der Waals surface area (Å²) in [6.45, 7) is 3.30. The molecule has 9 nitrogen and oxygen atoms in total. The molecule has 4 aromatic rings. The van der Waals surface area contributed by atoms with Gasteiger partial charge in [-0.1, -0.05) is 24.3 Å². The van der Waals surface area contributed by atoms with Crippen molar-refractivity contribution in [3.05, 3.63) is 81.8 Å². The normalized spacial score (nSPS) is 21.9. The van der Waals surface area contributed by atoms with E-state index in [2.05, 4.69) is 63.6 Å². The van der Waals surface area contributed by atoms with Crippen molar-refractivity contribution in [3.8, 4) is 5.69 Å². The Morgan fingerprint density at radius 3 is 2.88 bits per heavy atom. The third-order valence-corrected chi connectivity index (χ3v) is 9.07. The van der Waals surface area contributed by atoms with Crippen molar-refractivity contribution in [1.29, 1.82) is 0 Å². The molecule has 8 rings (SSSR count). The van der Waals surface area contributed by atoms with Crippen LogP contribution in [0.3, 0.4) is 0 Å². The van der Waals surface area contributed by atoms with E-state index in [1.807, 2.05) is 16.8 Å². The lowest BCUT2D eigenvalue weighted by molar-refractivity contribution is 0.178. The van der Waals surface area contributed by atoms with Crippen molar-refractivity contribution in [2.24, 2.45) is 0 Å². The van der Waals surface area contributed by atoms with Gasteiger partial charge >= 0.3 is 0 Å². The molecule has 5 heterocycles. The zero-order valence-corrected chi connectivity index (χ0v) is 22.7. The van der Waals surface area contributed by atoms with Gasteiger partial charge in [0.05, 0.1) is 12.2 Å². The summed E-state index contributed by atoms with van der Waals surface area (Å²) < 4.78 is 3.63. The molecule has 0 saturated heterocycles. The van der Waals surface area contributed by atoms with E-state index in [1.54, 1.807) is 10.9 Å². The van der Waals surface area contributed by atoms with Gasteiger partial charge in [-0.2, -0.15) is 4.98 Å². The van der Waals surface area contributed by atoms with Crippen LogP contribution in [0.25, 0.3) is 16.7 Å². The minimum atomic E-state index is -0.523. The molecule has 1 fully saturated rings. The van der Waals surface area contributed by atoms with Crippen molar-refractivity contribution < 1.29 is 5.11 Å². The maximum absolute atomic E-state index is 13.6. The molecule has 4 aliphatic rings. The Labute approximate surface area is 232 Å². The lowest BCUT2D eigenvalue weighted by atomic mass is 9.87. The molecule has 2 N–H and O–H groups in total. The minimum Gasteiger partial charge on any atom is -0.373 e. The number of allylic oxidation sites excluding steroid dienone is 2. The molecule has 9 heteroatoms. The quantitative estimate of drug-likeness (QED) is 0.377. The molecule has 1 unspecified atom stereocenters. The second kappa shape index (κ2) is 8.78. The highest BCUT2D eigenvalue weighted by molar-refractivity contribution is 5.78. The number of likely N-dealkylation sites (N-methyl/N-ethyl adjacent to an activating group) is 1. The summed E-state index contributed by atoms with van der Waals surface area (Å²) in [6, 6.07) is 12.8. The average molecular weight is 536 g/mol. The van der Waals surface area contributed by atoms with E-state index >= 15 is 0 Å². The summed E-state index contributed by atoms with van der Waals surface area (Å²) in [6.07, 6.45) is 10.2. The zero-order chi connectivity index (χ0) is 27.0. The van der Waals surface area contributed by atoms with Gasteiger partial charge in [0.2, 0.25) is 5.95 Å². The molecule has 2 aromatic carbocycles. The van der Waals surface area contributed by atoms with E-state index in [-0.39, 0.29) is 5.56 Å². The number of benzene rings is 2. The number of aliphatic hydroxyl groups excluding tert-OH is 1. The highest BCUT2D eigenvalue weighted by atomic mass is 16.3. The minimum absolute atomic E-state index is 0.118. The number of nitrogens with one attached hydrogen (secondary N) is 1. The maximum atomic E-state index is 13.6. The van der Waals surface area contributed by atoms with Crippen LogP contribution in [0, 0.1) is 0 Å². The van der Waals surface area contributed by atoms with Crippen LogP contribution in [-0.4, -0.2) is 55.7 Å². The first-order chi connectivity index (χ1) is 19.5. The number of aromatic nitrogens is 4. The molecular weight excluding hydrogens is 502 g/mol. The van der Waals surface area contributed by atoms with Gasteiger partial charge in [-0.05, 0) is 73.7 Å². The molecule has 2 aromatic heterocycles. The molecule has 204 valence electrons. The van der Waals surface area contributed by atoms with Crippen molar-refractivity contribution in [2.45, 2.75) is 56.8 Å². The molecule has 0 amide bonds. The molecular formula is C31H33N7O2. The number of aliphatic hydroxyl groups is 1. The number of nitrogens with zero attached hydrogens (tertiary/aromatic N) is 6. The van der Waals surface area contributed by atoms with Gasteiger partial charge in [-0.3, -0.25) is 4.79 Å². The monoisotopic (exact) mass is 535 g/mol. The lowest BCUT2D eigenvalue weighted by Crippen LogP contribution is -2.35. The molecule has 1 aliphatic carbocycles. The maximum Gasteiger partial charge on any atom is 0.278 e. The van der Waals surface area contributed by atoms with Crippen molar-refractivity contribution in [3.63, 3.8) is 0 Å². The van der Waals surface area contributed by atoms with Gasteiger partial charge < -0.3 is 20.2 Å². The summed E-state index contributed by atoms with van der Waals surface area (Å²) in [7, 11) is 2.20. The zero-order valence-electron chi connectivity index (χ0n) is 22.7. The van der Waals surface area contributed by atoms with E-state index in [0.717, 1.165) is 55.1 Å². The largest absolute Gasteiger partial charge is 0.373 e. The smallest absolute Gasteiger partial charge is 0.278 e. The van der Waals surface area contributed by atoms with Crippen LogP contribution in [0.4, 0.5) is 17.3 Å². The predicted octanol–water partition coefficient (Wildman–Crippen LogP) is 3.83. The van der Waals surface area contributed by atoms with E-state index < -0.39 is 6.23 Å². The second-order valence-electron chi connectivity index (χ2n) is 11.9. The molecule has 1 atom stereocenters. The first-order valence-electron chi connectivity index (χ1n) is 14.3. The van der Waals surface area contributed by atoms with Crippen LogP contribution in [0.2, 0.25) is 0 Å². The van der Waals surface area contributed by atoms with E-state index in [4.69, 9.17) is 4.98 Å². The topological polar surface area (TPSA) is 91.5 Å². The van der Waals surface area contributed by atoms with Gasteiger partial charge in [0.25, 0.3) is 5.56 Å². The fraction of sp³-hybridized carbons (Fsp3) is 0.387. The second-order valence-corrected chi connectivity index (χ2v) is 11.9. The van der Waals surface area contributed by atoms with E-state index in [9.17, 15) is 9.90 Å². The number of rotatable bonds is 2. The van der Waals surface area contributed by atoms with Gasteiger partial charge in [0.1, 0.15) is 11.6 Å². The molecule has 2 bridgehead atoms. The fourth-order valence-electron chi connectivity index (χ4n) is 7.02. The van der Waals surface area contributed by atoms with Gasteiger partial charge in [0, 0.05) is 49.0 Å². The molecule has 1 saturated carbocycles. The summed E-state index contributed by atoms with van der Waals surface area (Å²) in [5, 5.41) is 14.6. The average Bonchev–Trinajstić information content (AvgIpc) is 3.54. The van der Waals surface area contributed by atoms with Gasteiger partial charge in [0.15, 0.2) is 5.65 Å². The SMILES string of the molecule is CN1Cc2cc(Nc3ncc4c(=O)n5n(c4n3)-c3ccc4c(c3)N(CCC/C=C\C5)C(O)C4)ccc2C2(CC2)C1. The van der Waals surface area contributed by atoms with Crippen molar-refractivity contribution >= 4 is 28.4 Å². The Morgan fingerprint density at radius 2 is 2.00 bits per heavy atom. The molecule has 40 heavy (non-hydrogen) atoms. The van der Waals surface area contributed by atoms with Crippen LogP contribution in [0.15, 0.2) is 59.5 Å². The Balaban J connectivity index is 1.22. The molecule has 0 radical (unpaired) electrons. The highest BCUT2D eigenvalue weighted by Gasteiger charge is 2.48. The van der Waals surface area contributed by atoms with Crippen LogP contribution >= 0.6 is 0 Å². The predicted molar refractivity (Wildman–Crippen MR) is 156 cm³/mol. The number of hydrogen-bond donors (Lipinski definition) is 2. The van der Waals surface area contributed by atoms with Crippen LogP contribution in [-0.2, 0) is 24.9 Å². The third kappa shape index (κ3) is 3.72. The summed E-state index contributed by atoms with van der Waals surface area (Å²) in [4.78, 5) is 27.5. The Bertz CT molecular complexity index is 1750. The summed E-state index contributed by atoms with van der Waals surface area (Å²) in [5.41, 5.74) is 7.56. The fourth-order valence-corrected chi connectivity index (χ4v) is 7.02. The molecule has 3 aliphatic heterocycles. The number of anilines is 3. The summed E-state index contributed by atoms with van der Waals surface area (Å²) >= 11 is 0. The van der Waals surface area contributed by atoms with Crippen LogP contribution in [0.1, 0.15) is 42.4 Å². The lowest BCUT2D eigenvalue weighted by Gasteiger charge is -2.32. The Hall–Kier alpha value is -3.95. The number of hydrogen-bond acceptors (Lipinski definition) is 7. The van der Waals surface area contributed by atoms with Gasteiger partial charge in [-0.15, -0.1) is 0 Å². The van der Waals surface area contributed by atoms with Crippen LogP contribution in [0.5, 0.6) is 0 Å². The first-order valence-corrected chi connectivity index (χ1v) is 14.3. The van der Waals surface area contributed by atoms with E-state index in [0.29, 0.717) is 35.4 Å². The molecule has 1 spiro atoms. The summed E-state index contributed by atoms with van der Waals surface area (Å²) in [5.74, 6) is 0.457. The third-order valence-electron chi connectivity index (χ3n) is 9.07. The van der Waals surface area contributed by atoms with Crippen molar-refractivity contribution in [1.82, 2.24) is 24.2 Å². The Kier molecular flexibility index (Phi) is 5.24. The van der Waals surface area contributed by atoms with Crippen LogP contribution < -0.4 is 15.8 Å².